The minimum Gasteiger partial charge on any atom is -0.385 e. The van der Waals surface area contributed by atoms with Crippen molar-refractivity contribution in [2.45, 2.75) is 106 Å². The summed E-state index contributed by atoms with van der Waals surface area (Å²) in [4.78, 5) is 36.1. The summed E-state index contributed by atoms with van der Waals surface area (Å²) in [5.41, 5.74) is 1.72. The van der Waals surface area contributed by atoms with Gasteiger partial charge < -0.3 is 40.2 Å². The van der Waals surface area contributed by atoms with Gasteiger partial charge in [-0.1, -0.05) is 18.2 Å². The number of carbonyl (C=O) groups is 3. The van der Waals surface area contributed by atoms with Crippen LogP contribution in [0.1, 0.15) is 51.1 Å². The maximum absolute atomic E-state index is 14.3. The lowest BCUT2D eigenvalue weighted by molar-refractivity contribution is -0.474. The molecule has 3 heterocycles. The summed E-state index contributed by atoms with van der Waals surface area (Å²) in [6.45, 7) is 0.719. The van der Waals surface area contributed by atoms with Gasteiger partial charge in [-0.15, -0.1) is 5.10 Å². The first kappa shape index (κ1) is 52.8. The molecule has 4 N–H and O–H groups in total. The van der Waals surface area contributed by atoms with Gasteiger partial charge in [-0.2, -0.15) is 51.3 Å². The molecule has 27 heteroatoms. The number of nitrogens with zero attached hydrogens (tertiary/aromatic N) is 3. The molecular weight excluding hydrogens is 887 g/mol. The fourth-order valence-corrected chi connectivity index (χ4v) is 7.63. The van der Waals surface area contributed by atoms with E-state index in [1.165, 1.54) is 5.32 Å². The highest BCUT2D eigenvalue weighted by Crippen LogP contribution is 2.49. The predicted molar refractivity (Wildman–Crippen MR) is 196 cm³/mol. The lowest BCUT2D eigenvalue weighted by Crippen LogP contribution is -2.62. The Morgan fingerprint density at radius 2 is 1.53 bits per heavy atom. The van der Waals surface area contributed by atoms with E-state index in [0.29, 0.717) is 35.9 Å². The van der Waals surface area contributed by atoms with Crippen LogP contribution in [0.3, 0.4) is 0 Å². The van der Waals surface area contributed by atoms with Crippen LogP contribution in [0.5, 0.6) is 0 Å². The summed E-state index contributed by atoms with van der Waals surface area (Å²) in [5.74, 6) is -12.1. The fourth-order valence-electron chi connectivity index (χ4n) is 5.98. The molecule has 0 aromatic carbocycles. The molecule has 1 aromatic rings. The number of alkyl halides is 11. The summed E-state index contributed by atoms with van der Waals surface area (Å²) < 4.78 is 171. The van der Waals surface area contributed by atoms with E-state index >= 15 is 0 Å². The molecule has 0 bridgehead atoms. The molecule has 0 aliphatic carbocycles. The number of halogens is 11. The van der Waals surface area contributed by atoms with Crippen LogP contribution in [-0.2, 0) is 51.2 Å². The van der Waals surface area contributed by atoms with E-state index in [9.17, 15) is 62.7 Å². The molecule has 62 heavy (non-hydrogen) atoms. The molecule has 2 aliphatic heterocycles. The molecule has 0 saturated carbocycles. The molecule has 2 aliphatic rings. The van der Waals surface area contributed by atoms with Crippen molar-refractivity contribution in [1.82, 2.24) is 36.3 Å². The van der Waals surface area contributed by atoms with Crippen LogP contribution < -0.4 is 21.3 Å². The quantitative estimate of drug-likeness (QED) is 0.0668. The van der Waals surface area contributed by atoms with Gasteiger partial charge in [-0.25, -0.2) is 13.5 Å². The number of hydrogen-bond donors (Lipinski definition) is 4. The maximum Gasteiger partial charge on any atom is 0.457 e. The van der Waals surface area contributed by atoms with Gasteiger partial charge in [0.15, 0.2) is 0 Å². The van der Waals surface area contributed by atoms with Crippen molar-refractivity contribution in [3.63, 3.8) is 0 Å². The summed E-state index contributed by atoms with van der Waals surface area (Å²) in [6.07, 6.45) is -18.1. The van der Waals surface area contributed by atoms with Crippen molar-refractivity contribution in [1.29, 1.82) is 0 Å². The Balaban J connectivity index is 1.18. The number of nitrogens with one attached hydrogen (secondary N) is 4. The average molecular weight is 938 g/mol. The topological polar surface area (TPSA) is 176 Å². The Kier molecular flexibility index (Phi) is 20.4. The van der Waals surface area contributed by atoms with Gasteiger partial charge in [0.05, 0.1) is 58.9 Å². The molecule has 356 valence electrons. The highest BCUT2D eigenvalue weighted by Gasteiger charge is 2.76. The molecule has 1 aromatic heterocycles. The second kappa shape index (κ2) is 24.0. The van der Waals surface area contributed by atoms with Gasteiger partial charge in [0, 0.05) is 55.6 Å². The summed E-state index contributed by atoms with van der Waals surface area (Å²) in [7, 11) is 0. The zero-order valence-electron chi connectivity index (χ0n) is 33.5. The van der Waals surface area contributed by atoms with Gasteiger partial charge in [-0.3, -0.25) is 19.1 Å². The Morgan fingerprint density at radius 3 is 2.19 bits per heavy atom. The van der Waals surface area contributed by atoms with E-state index in [1.54, 1.807) is 10.9 Å². The highest BCUT2D eigenvalue weighted by molar-refractivity contribution is 8.00. The smallest absolute Gasteiger partial charge is 0.385 e. The summed E-state index contributed by atoms with van der Waals surface area (Å²) in [5, 5.41) is 18.8. The first-order chi connectivity index (χ1) is 28.9. The van der Waals surface area contributed by atoms with Gasteiger partial charge in [-0.05, 0) is 25.2 Å². The van der Waals surface area contributed by atoms with Crippen molar-refractivity contribution in [3.05, 3.63) is 24.2 Å². The molecular formula is C35H50F11N7O8S. The Bertz CT molecular complexity index is 1590. The Hall–Kier alpha value is -3.53. The highest BCUT2D eigenvalue weighted by atomic mass is 32.2. The van der Waals surface area contributed by atoms with Crippen LogP contribution in [0, 0.1) is 5.92 Å². The van der Waals surface area contributed by atoms with E-state index in [4.69, 9.17) is 14.2 Å². The average Bonchev–Trinajstić information content (AvgIpc) is 3.89. The minimum atomic E-state index is -6.89. The van der Waals surface area contributed by atoms with Crippen molar-refractivity contribution in [3.8, 4) is 0 Å². The minimum absolute atomic E-state index is 0.0140. The number of amides is 3. The zero-order valence-corrected chi connectivity index (χ0v) is 34.3. The lowest BCUT2D eigenvalue weighted by Gasteiger charge is -2.36. The number of rotatable bonds is 29. The van der Waals surface area contributed by atoms with Crippen molar-refractivity contribution >= 4 is 29.5 Å². The standard InChI is InChI=1S/C35H50F11N7O8S/c1-22-17-24-25(50-22)20-62-26(24)5-3-4-6-27(54)49-18-23-19-53(52-51-23)10-14-59-16-15-57-11-7-28(55)47-8-12-58-13-9-48-30(56)29(32(38,39)40)61-35(45,46)33(41,34(42,43)44)60-21-31(2,36)37/h19,24-26,29,50H,1,3-18,20-21H2,2H3,(H,47,55)(H,48,56)(H,49,54)/t24-,25-,26-,29?,33?/m0/s1. The van der Waals surface area contributed by atoms with Gasteiger partial charge in [0.1, 0.15) is 12.3 Å². The second-order valence-corrected chi connectivity index (χ2v) is 15.6. The van der Waals surface area contributed by atoms with Crippen molar-refractivity contribution < 1.29 is 86.4 Å². The second-order valence-electron chi connectivity index (χ2n) is 14.3. The molecule has 5 atom stereocenters. The monoisotopic (exact) mass is 937 g/mol. The third kappa shape index (κ3) is 17.6. The number of thioether (sulfide) groups is 1. The first-order valence-electron chi connectivity index (χ1n) is 19.3. The molecule has 15 nitrogen and oxygen atoms in total. The van der Waals surface area contributed by atoms with Crippen LogP contribution >= 0.6 is 11.8 Å². The molecule has 3 rings (SSSR count). The van der Waals surface area contributed by atoms with Gasteiger partial charge >= 0.3 is 24.3 Å². The maximum atomic E-state index is 14.3. The third-order valence-electron chi connectivity index (χ3n) is 9.04. The summed E-state index contributed by atoms with van der Waals surface area (Å²) in [6, 6.07) is 0.528. The lowest BCUT2D eigenvalue weighted by atomic mass is 9.94. The summed E-state index contributed by atoms with van der Waals surface area (Å²) >= 11 is 2.00. The number of unbranched alkanes of at least 4 members (excludes halogenated alkanes) is 1. The third-order valence-corrected chi connectivity index (χ3v) is 10.6. The Labute approximate surface area is 353 Å². The van der Waals surface area contributed by atoms with E-state index in [2.05, 4.69) is 42.3 Å². The van der Waals surface area contributed by atoms with Crippen LogP contribution in [0.4, 0.5) is 48.3 Å². The van der Waals surface area contributed by atoms with Crippen LogP contribution in [-0.4, -0.2) is 145 Å². The van der Waals surface area contributed by atoms with Gasteiger partial charge in [0.2, 0.25) is 17.9 Å². The number of hydrogen-bond acceptors (Lipinski definition) is 12. The van der Waals surface area contributed by atoms with Crippen LogP contribution in [0.25, 0.3) is 0 Å². The van der Waals surface area contributed by atoms with E-state index in [0.717, 1.165) is 37.1 Å². The number of carbonyl (C=O) groups excluding carboxylic acids is 3. The Morgan fingerprint density at radius 1 is 0.887 bits per heavy atom. The number of allylic oxidation sites excluding steroid dienone is 1. The SMILES string of the molecule is C=C1C[C@H]2[C@H](CS[C@H]2CCCCC(=O)NCc2cn(CCOCCOCCC(=O)NCCOCCNC(=O)C(OC(F)(F)C(F)(OCC(C)(F)F)C(F)(F)F)C(F)(F)F)nn2)N1. The first-order valence-corrected chi connectivity index (χ1v) is 20.4. The fraction of sp³-hybridized carbons (Fsp3) is 0.800. The number of ether oxygens (including phenoxy) is 5. The van der Waals surface area contributed by atoms with E-state index in [-0.39, 0.29) is 65.4 Å². The number of aromatic nitrogens is 3. The van der Waals surface area contributed by atoms with E-state index in [1.807, 2.05) is 11.8 Å². The molecule has 0 spiro atoms. The van der Waals surface area contributed by atoms with Crippen molar-refractivity contribution in [2.75, 3.05) is 65.1 Å². The molecule has 2 saturated heterocycles. The molecule has 3 amide bonds. The predicted octanol–water partition coefficient (Wildman–Crippen LogP) is 4.17. The molecule has 2 unspecified atom stereocenters. The van der Waals surface area contributed by atoms with Crippen molar-refractivity contribution in [2.24, 2.45) is 5.92 Å². The largest absolute Gasteiger partial charge is 0.457 e. The zero-order chi connectivity index (χ0) is 46.2. The molecule has 2 fully saturated rings. The normalized spacial score (nSPS) is 19.7. The van der Waals surface area contributed by atoms with Crippen LogP contribution in [0.15, 0.2) is 18.5 Å². The molecule has 0 radical (unpaired) electrons. The van der Waals surface area contributed by atoms with Gasteiger partial charge in [0.25, 0.3) is 11.8 Å². The van der Waals surface area contributed by atoms with E-state index < -0.39 is 67.9 Å². The number of fused-ring (bicyclic) bond motifs is 1. The van der Waals surface area contributed by atoms with Crippen LogP contribution in [0.2, 0.25) is 0 Å².